The van der Waals surface area contributed by atoms with Crippen molar-refractivity contribution in [2.45, 2.75) is 19.5 Å². The molecule has 8 heteroatoms. The molecule has 1 heterocycles. The average Bonchev–Trinajstić information content (AvgIpc) is 2.67. The highest BCUT2D eigenvalue weighted by molar-refractivity contribution is 5.67. The normalized spacial score (nSPS) is 11.1. The van der Waals surface area contributed by atoms with Crippen LogP contribution in [0.3, 0.4) is 0 Å². The largest absolute Gasteiger partial charge is 0.491 e. The van der Waals surface area contributed by atoms with E-state index in [2.05, 4.69) is 20.6 Å². The van der Waals surface area contributed by atoms with E-state index in [1.807, 2.05) is 13.0 Å². The van der Waals surface area contributed by atoms with Gasteiger partial charge in [-0.1, -0.05) is 37.3 Å². The molecule has 0 unspecified atom stereocenters. The van der Waals surface area contributed by atoms with E-state index in [0.717, 1.165) is 12.6 Å². The van der Waals surface area contributed by atoms with Gasteiger partial charge < -0.3 is 15.4 Å². The van der Waals surface area contributed by atoms with Crippen molar-refractivity contribution in [3.63, 3.8) is 0 Å². The highest BCUT2D eigenvalue weighted by Gasteiger charge is 2.35. The molecule has 28 heavy (non-hydrogen) atoms. The maximum atomic E-state index is 13.4. The number of para-hydroxylation sites is 3. The summed E-state index contributed by atoms with van der Waals surface area (Å²) in [6, 6.07) is 15.7. The number of benzene rings is 2. The van der Waals surface area contributed by atoms with Gasteiger partial charge >= 0.3 is 6.18 Å². The molecule has 3 rings (SSSR count). The molecule has 2 aromatic carbocycles. The highest BCUT2D eigenvalue weighted by atomic mass is 19.4. The van der Waals surface area contributed by atoms with Crippen molar-refractivity contribution in [1.29, 1.82) is 0 Å². The summed E-state index contributed by atoms with van der Waals surface area (Å²) in [5, 5.41) is 5.64. The topological polar surface area (TPSA) is 59.1 Å². The summed E-state index contributed by atoms with van der Waals surface area (Å²) in [4.78, 5) is 7.84. The third-order valence-corrected chi connectivity index (χ3v) is 3.73. The number of anilines is 4. The predicted octanol–water partition coefficient (Wildman–Crippen LogP) is 5.77. The Hall–Kier alpha value is -3.29. The lowest BCUT2D eigenvalue weighted by Crippen LogP contribution is -2.13. The molecule has 0 aliphatic carbocycles. The van der Waals surface area contributed by atoms with Crippen molar-refractivity contribution in [1.82, 2.24) is 9.97 Å². The molecule has 0 aliphatic rings. The van der Waals surface area contributed by atoms with E-state index in [0.29, 0.717) is 23.7 Å². The van der Waals surface area contributed by atoms with Crippen LogP contribution in [0.1, 0.15) is 18.9 Å². The SMILES string of the molecule is CCCOc1ccccc1Nc1nc(Nc2ccccc2)ncc1C(F)(F)F. The van der Waals surface area contributed by atoms with Crippen LogP contribution in [-0.2, 0) is 6.18 Å². The Labute approximate surface area is 160 Å². The molecular weight excluding hydrogens is 369 g/mol. The van der Waals surface area contributed by atoms with E-state index in [4.69, 9.17) is 4.74 Å². The lowest BCUT2D eigenvalue weighted by molar-refractivity contribution is -0.137. The fraction of sp³-hybridized carbons (Fsp3) is 0.200. The zero-order valence-corrected chi connectivity index (χ0v) is 15.1. The lowest BCUT2D eigenvalue weighted by Gasteiger charge is -2.17. The second-order valence-corrected chi connectivity index (χ2v) is 5.91. The van der Waals surface area contributed by atoms with Gasteiger partial charge in [-0.25, -0.2) is 4.98 Å². The van der Waals surface area contributed by atoms with Crippen LogP contribution in [0, 0.1) is 0 Å². The third-order valence-electron chi connectivity index (χ3n) is 3.73. The van der Waals surface area contributed by atoms with E-state index in [1.54, 1.807) is 48.5 Å². The van der Waals surface area contributed by atoms with Crippen molar-refractivity contribution in [3.8, 4) is 5.75 Å². The monoisotopic (exact) mass is 388 g/mol. The summed E-state index contributed by atoms with van der Waals surface area (Å²) in [6.07, 6.45) is -3.07. The lowest BCUT2D eigenvalue weighted by atomic mass is 10.2. The first-order valence-electron chi connectivity index (χ1n) is 8.72. The smallest absolute Gasteiger partial charge is 0.421 e. The Kier molecular flexibility index (Phi) is 5.98. The van der Waals surface area contributed by atoms with Crippen LogP contribution in [0.2, 0.25) is 0 Å². The van der Waals surface area contributed by atoms with Gasteiger partial charge in [0, 0.05) is 11.9 Å². The molecular formula is C20H19F3N4O. The van der Waals surface area contributed by atoms with Crippen LogP contribution in [0.5, 0.6) is 5.75 Å². The number of alkyl halides is 3. The van der Waals surface area contributed by atoms with E-state index in [9.17, 15) is 13.2 Å². The molecule has 3 aromatic rings. The summed E-state index contributed by atoms with van der Waals surface area (Å²) >= 11 is 0. The molecule has 0 saturated carbocycles. The number of halogens is 3. The number of rotatable bonds is 7. The number of hydrogen-bond acceptors (Lipinski definition) is 5. The molecule has 1 aromatic heterocycles. The number of ether oxygens (including phenoxy) is 1. The Balaban J connectivity index is 1.95. The second kappa shape index (κ2) is 8.60. The number of nitrogens with one attached hydrogen (secondary N) is 2. The van der Waals surface area contributed by atoms with Crippen molar-refractivity contribution < 1.29 is 17.9 Å². The molecule has 5 nitrogen and oxygen atoms in total. The molecule has 0 aliphatic heterocycles. The zero-order valence-electron chi connectivity index (χ0n) is 15.1. The number of hydrogen-bond donors (Lipinski definition) is 2. The van der Waals surface area contributed by atoms with E-state index >= 15 is 0 Å². The van der Waals surface area contributed by atoms with Crippen LogP contribution in [0.4, 0.5) is 36.3 Å². The summed E-state index contributed by atoms with van der Waals surface area (Å²) < 4.78 is 45.9. The molecule has 0 amide bonds. The van der Waals surface area contributed by atoms with Crippen LogP contribution < -0.4 is 15.4 Å². The van der Waals surface area contributed by atoms with Crippen molar-refractivity contribution in [2.24, 2.45) is 0 Å². The van der Waals surface area contributed by atoms with Crippen molar-refractivity contribution in [2.75, 3.05) is 17.2 Å². The molecule has 0 fully saturated rings. The Morgan fingerprint density at radius 2 is 1.68 bits per heavy atom. The fourth-order valence-electron chi connectivity index (χ4n) is 2.43. The first-order chi connectivity index (χ1) is 13.5. The summed E-state index contributed by atoms with van der Waals surface area (Å²) in [5.74, 6) is 0.149. The minimum Gasteiger partial charge on any atom is -0.491 e. The van der Waals surface area contributed by atoms with Crippen molar-refractivity contribution >= 4 is 23.1 Å². The first kappa shape index (κ1) is 19.5. The van der Waals surface area contributed by atoms with Gasteiger partial charge in [-0.15, -0.1) is 0 Å². The Bertz CT molecular complexity index is 917. The predicted molar refractivity (Wildman–Crippen MR) is 102 cm³/mol. The van der Waals surface area contributed by atoms with E-state index < -0.39 is 11.7 Å². The summed E-state index contributed by atoms with van der Waals surface area (Å²) in [7, 11) is 0. The zero-order chi connectivity index (χ0) is 20.0. The van der Waals surface area contributed by atoms with Gasteiger partial charge in [0.2, 0.25) is 5.95 Å². The summed E-state index contributed by atoms with van der Waals surface area (Å²) in [5.41, 5.74) is 0.0992. The number of nitrogens with zero attached hydrogens (tertiary/aromatic N) is 2. The van der Waals surface area contributed by atoms with Gasteiger partial charge in [-0.3, -0.25) is 0 Å². The van der Waals surface area contributed by atoms with E-state index in [1.165, 1.54) is 0 Å². The molecule has 2 N–H and O–H groups in total. The minimum atomic E-state index is -4.60. The van der Waals surface area contributed by atoms with Crippen LogP contribution >= 0.6 is 0 Å². The molecule has 146 valence electrons. The third kappa shape index (κ3) is 4.91. The molecule has 0 bridgehead atoms. The average molecular weight is 388 g/mol. The van der Waals surface area contributed by atoms with Gasteiger partial charge in [0.1, 0.15) is 17.1 Å². The molecule has 0 spiro atoms. The van der Waals surface area contributed by atoms with Crippen molar-refractivity contribution in [3.05, 3.63) is 66.4 Å². The Morgan fingerprint density at radius 1 is 0.964 bits per heavy atom. The number of aromatic nitrogens is 2. The van der Waals surface area contributed by atoms with Crippen LogP contribution in [0.15, 0.2) is 60.8 Å². The van der Waals surface area contributed by atoms with E-state index in [-0.39, 0.29) is 11.8 Å². The fourth-order valence-corrected chi connectivity index (χ4v) is 2.43. The maximum Gasteiger partial charge on any atom is 0.421 e. The van der Waals surface area contributed by atoms with Crippen LogP contribution in [-0.4, -0.2) is 16.6 Å². The standard InChI is InChI=1S/C20H19F3N4O/c1-2-12-28-17-11-7-6-10-16(17)26-18-15(20(21,22)23)13-24-19(27-18)25-14-8-4-3-5-9-14/h3-11,13H,2,12H2,1H3,(H2,24,25,26,27). The van der Waals surface area contributed by atoms with Gasteiger partial charge in [0.05, 0.1) is 12.3 Å². The molecule has 0 saturated heterocycles. The quantitative estimate of drug-likeness (QED) is 0.538. The highest BCUT2D eigenvalue weighted by Crippen LogP contribution is 2.37. The van der Waals surface area contributed by atoms with Crippen LogP contribution in [0.25, 0.3) is 0 Å². The second-order valence-electron chi connectivity index (χ2n) is 5.91. The minimum absolute atomic E-state index is 0.0497. The molecule has 0 atom stereocenters. The van der Waals surface area contributed by atoms with Gasteiger partial charge in [-0.05, 0) is 30.7 Å². The molecule has 0 radical (unpaired) electrons. The van der Waals surface area contributed by atoms with Gasteiger partial charge in [-0.2, -0.15) is 18.2 Å². The summed E-state index contributed by atoms with van der Waals surface area (Å²) in [6.45, 7) is 2.40. The van der Waals surface area contributed by atoms with Gasteiger partial charge in [0.25, 0.3) is 0 Å². The maximum absolute atomic E-state index is 13.4. The Morgan fingerprint density at radius 3 is 2.39 bits per heavy atom. The van der Waals surface area contributed by atoms with Gasteiger partial charge in [0.15, 0.2) is 0 Å². The first-order valence-corrected chi connectivity index (χ1v) is 8.72.